The molecule has 2 heterocycles. The Balaban J connectivity index is 1.24. The van der Waals surface area contributed by atoms with Crippen LogP contribution in [0.1, 0.15) is 24.7 Å². The molecule has 32 heavy (non-hydrogen) atoms. The van der Waals surface area contributed by atoms with E-state index in [1.807, 2.05) is 66.1 Å². The van der Waals surface area contributed by atoms with Gasteiger partial charge in [0.05, 0.1) is 12.7 Å². The number of ether oxygens (including phenoxy) is 1. The molecule has 0 aliphatic rings. The molecule has 0 aliphatic heterocycles. The van der Waals surface area contributed by atoms with Crippen LogP contribution in [-0.4, -0.2) is 32.4 Å². The van der Waals surface area contributed by atoms with Gasteiger partial charge in [-0.25, -0.2) is 0 Å². The highest BCUT2D eigenvalue weighted by atomic mass is 16.5. The van der Waals surface area contributed by atoms with Gasteiger partial charge in [0.1, 0.15) is 24.5 Å². The summed E-state index contributed by atoms with van der Waals surface area (Å²) in [4.78, 5) is 12.4. The van der Waals surface area contributed by atoms with Gasteiger partial charge < -0.3 is 19.1 Å². The van der Waals surface area contributed by atoms with Crippen molar-refractivity contribution in [3.8, 4) is 17.1 Å². The van der Waals surface area contributed by atoms with Crippen molar-refractivity contribution in [1.29, 1.82) is 0 Å². The van der Waals surface area contributed by atoms with Crippen molar-refractivity contribution < 1.29 is 14.1 Å². The molecule has 1 amide bonds. The molecule has 0 fully saturated rings. The van der Waals surface area contributed by atoms with Gasteiger partial charge in [-0.3, -0.25) is 4.79 Å². The van der Waals surface area contributed by atoms with Crippen LogP contribution in [0.4, 0.5) is 5.69 Å². The average molecular weight is 431 g/mol. The molecule has 2 aromatic heterocycles. The standard InChI is InChI=1S/C24H25N5O3/c1-2-22-28-25-17-29(22)14-15-31-21-11-9-20(10-12-21)27-23(30)13-8-19-16-26-32-24(19)18-6-4-3-5-7-18/h3-7,9-12,16-17H,2,8,13-15H2,1H3,(H,27,30). The van der Waals surface area contributed by atoms with Crippen molar-refractivity contribution in [2.24, 2.45) is 0 Å². The molecule has 164 valence electrons. The Bertz CT molecular complexity index is 1140. The molecule has 0 spiro atoms. The van der Waals surface area contributed by atoms with E-state index in [0.29, 0.717) is 31.8 Å². The summed E-state index contributed by atoms with van der Waals surface area (Å²) in [6, 6.07) is 17.1. The van der Waals surface area contributed by atoms with Crippen LogP contribution in [0, 0.1) is 0 Å². The number of aromatic nitrogens is 4. The molecule has 0 aliphatic carbocycles. The molecule has 1 N–H and O–H groups in total. The zero-order valence-corrected chi connectivity index (χ0v) is 17.9. The Morgan fingerprint density at radius 1 is 1.12 bits per heavy atom. The summed E-state index contributed by atoms with van der Waals surface area (Å²) in [6.07, 6.45) is 5.09. The summed E-state index contributed by atoms with van der Waals surface area (Å²) in [6.45, 7) is 3.24. The van der Waals surface area contributed by atoms with Crippen LogP contribution in [0.2, 0.25) is 0 Å². The van der Waals surface area contributed by atoms with E-state index in [4.69, 9.17) is 9.26 Å². The quantitative estimate of drug-likeness (QED) is 0.405. The Morgan fingerprint density at radius 2 is 1.94 bits per heavy atom. The van der Waals surface area contributed by atoms with Crippen molar-refractivity contribution >= 4 is 11.6 Å². The van der Waals surface area contributed by atoms with E-state index in [1.54, 1.807) is 12.5 Å². The van der Waals surface area contributed by atoms with Crippen molar-refractivity contribution in [1.82, 2.24) is 19.9 Å². The molecule has 0 unspecified atom stereocenters. The first-order valence-electron chi connectivity index (χ1n) is 10.6. The van der Waals surface area contributed by atoms with Crippen LogP contribution in [0.5, 0.6) is 5.75 Å². The second-order valence-electron chi connectivity index (χ2n) is 7.26. The average Bonchev–Trinajstić information content (AvgIpc) is 3.48. The van der Waals surface area contributed by atoms with Crippen molar-refractivity contribution in [2.45, 2.75) is 32.7 Å². The van der Waals surface area contributed by atoms with Crippen molar-refractivity contribution in [3.05, 3.63) is 78.5 Å². The monoisotopic (exact) mass is 431 g/mol. The van der Waals surface area contributed by atoms with Crippen molar-refractivity contribution in [3.63, 3.8) is 0 Å². The normalized spacial score (nSPS) is 10.8. The number of amides is 1. The highest BCUT2D eigenvalue weighted by Crippen LogP contribution is 2.24. The summed E-state index contributed by atoms with van der Waals surface area (Å²) in [5, 5.41) is 14.8. The van der Waals surface area contributed by atoms with E-state index in [0.717, 1.165) is 34.8 Å². The lowest BCUT2D eigenvalue weighted by atomic mass is 10.1. The predicted octanol–water partition coefficient (Wildman–Crippen LogP) is 4.15. The second-order valence-corrected chi connectivity index (χ2v) is 7.26. The third-order valence-electron chi connectivity index (χ3n) is 5.05. The number of hydrogen-bond donors (Lipinski definition) is 1. The van der Waals surface area contributed by atoms with Crippen LogP contribution < -0.4 is 10.1 Å². The molecule has 0 atom stereocenters. The molecule has 4 rings (SSSR count). The molecular formula is C24H25N5O3. The van der Waals surface area contributed by atoms with E-state index in [2.05, 4.69) is 20.7 Å². The second kappa shape index (κ2) is 10.4. The van der Waals surface area contributed by atoms with Gasteiger partial charge in [0.15, 0.2) is 5.76 Å². The maximum absolute atomic E-state index is 12.4. The maximum atomic E-state index is 12.4. The van der Waals surface area contributed by atoms with E-state index in [-0.39, 0.29) is 5.91 Å². The van der Waals surface area contributed by atoms with Crippen LogP contribution in [0.3, 0.4) is 0 Å². The van der Waals surface area contributed by atoms with Gasteiger partial charge in [-0.05, 0) is 30.7 Å². The van der Waals surface area contributed by atoms with Crippen LogP contribution in [-0.2, 0) is 24.2 Å². The Labute approximate surface area is 186 Å². The number of rotatable bonds is 10. The first-order valence-corrected chi connectivity index (χ1v) is 10.6. The molecule has 4 aromatic rings. The van der Waals surface area contributed by atoms with Crippen LogP contribution >= 0.6 is 0 Å². The smallest absolute Gasteiger partial charge is 0.224 e. The molecule has 8 nitrogen and oxygen atoms in total. The molecule has 0 saturated heterocycles. The zero-order chi connectivity index (χ0) is 22.2. The third-order valence-corrected chi connectivity index (χ3v) is 5.05. The number of anilines is 1. The Kier molecular flexibility index (Phi) is 6.91. The fourth-order valence-electron chi connectivity index (χ4n) is 3.37. The molecule has 8 heteroatoms. The third kappa shape index (κ3) is 5.40. The van der Waals surface area contributed by atoms with E-state index < -0.39 is 0 Å². The lowest BCUT2D eigenvalue weighted by Crippen LogP contribution is -2.12. The number of benzene rings is 2. The van der Waals surface area contributed by atoms with Gasteiger partial charge in [-0.2, -0.15) is 0 Å². The van der Waals surface area contributed by atoms with Gasteiger partial charge in [0.2, 0.25) is 5.91 Å². The first kappa shape index (κ1) is 21.3. The van der Waals surface area contributed by atoms with Gasteiger partial charge in [0.25, 0.3) is 0 Å². The summed E-state index contributed by atoms with van der Waals surface area (Å²) in [5.74, 6) is 2.32. The number of aryl methyl sites for hydroxylation is 2. The van der Waals surface area contributed by atoms with Crippen LogP contribution in [0.15, 0.2) is 71.6 Å². The van der Waals surface area contributed by atoms with E-state index >= 15 is 0 Å². The zero-order valence-electron chi connectivity index (χ0n) is 17.9. The highest BCUT2D eigenvalue weighted by Gasteiger charge is 2.12. The lowest BCUT2D eigenvalue weighted by Gasteiger charge is -2.09. The van der Waals surface area contributed by atoms with Gasteiger partial charge >= 0.3 is 0 Å². The number of nitrogens with zero attached hydrogens (tertiary/aromatic N) is 4. The number of hydrogen-bond acceptors (Lipinski definition) is 6. The number of carbonyl (C=O) groups is 1. The summed E-state index contributed by atoms with van der Waals surface area (Å²) in [5.41, 5.74) is 2.59. The highest BCUT2D eigenvalue weighted by molar-refractivity contribution is 5.91. The minimum atomic E-state index is -0.0708. The topological polar surface area (TPSA) is 95.1 Å². The minimum absolute atomic E-state index is 0.0708. The molecule has 0 radical (unpaired) electrons. The summed E-state index contributed by atoms with van der Waals surface area (Å²) < 4.78 is 13.1. The predicted molar refractivity (Wildman–Crippen MR) is 120 cm³/mol. The van der Waals surface area contributed by atoms with E-state index in [9.17, 15) is 4.79 Å². The largest absolute Gasteiger partial charge is 0.492 e. The number of nitrogens with one attached hydrogen (secondary N) is 1. The van der Waals surface area contributed by atoms with E-state index in [1.165, 1.54) is 0 Å². The summed E-state index contributed by atoms with van der Waals surface area (Å²) >= 11 is 0. The fourth-order valence-corrected chi connectivity index (χ4v) is 3.37. The van der Waals surface area contributed by atoms with Gasteiger partial charge in [0, 0.05) is 29.7 Å². The minimum Gasteiger partial charge on any atom is -0.492 e. The van der Waals surface area contributed by atoms with Gasteiger partial charge in [-0.1, -0.05) is 42.4 Å². The molecule has 0 bridgehead atoms. The number of carbonyl (C=O) groups excluding carboxylic acids is 1. The Hall–Kier alpha value is -3.94. The molecule has 2 aromatic carbocycles. The fraction of sp³-hybridized carbons (Fsp3) is 0.250. The lowest BCUT2D eigenvalue weighted by molar-refractivity contribution is -0.116. The Morgan fingerprint density at radius 3 is 2.72 bits per heavy atom. The van der Waals surface area contributed by atoms with Crippen LogP contribution in [0.25, 0.3) is 11.3 Å². The van der Waals surface area contributed by atoms with Crippen molar-refractivity contribution in [2.75, 3.05) is 11.9 Å². The van der Waals surface area contributed by atoms with Gasteiger partial charge in [-0.15, -0.1) is 10.2 Å². The molecular weight excluding hydrogens is 406 g/mol. The first-order chi connectivity index (χ1) is 15.7. The summed E-state index contributed by atoms with van der Waals surface area (Å²) in [7, 11) is 0. The maximum Gasteiger partial charge on any atom is 0.224 e. The SMILES string of the molecule is CCc1nncn1CCOc1ccc(NC(=O)CCc2cnoc2-c2ccccc2)cc1. The molecule has 0 saturated carbocycles.